The highest BCUT2D eigenvalue weighted by atomic mass is 28.3. The molecule has 0 spiro atoms. The van der Waals surface area contributed by atoms with Crippen molar-refractivity contribution < 1.29 is 8.22 Å². The Balaban J connectivity index is 1.36. The largest absolute Gasteiger partial charge is 0.208 e. The van der Waals surface area contributed by atoms with Crippen molar-refractivity contribution in [3.05, 3.63) is 145 Å². The molecule has 1 heterocycles. The van der Waals surface area contributed by atoms with E-state index in [1.54, 1.807) is 6.07 Å². The van der Waals surface area contributed by atoms with Gasteiger partial charge in [-0.2, -0.15) is 0 Å². The Hall–Kier alpha value is -5.19. The smallest absolute Gasteiger partial charge is 0.164 e. The first kappa shape index (κ1) is 21.5. The molecule has 0 aliphatic carbocycles. The summed E-state index contributed by atoms with van der Waals surface area (Å²) in [6, 6.07) is 34.1. The summed E-state index contributed by atoms with van der Waals surface area (Å²) in [5.74, 6) is 1.64. The maximum atomic E-state index is 9.18. The Morgan fingerprint density at radius 2 is 0.864 bits per heavy atom. The quantitative estimate of drug-likeness (QED) is 0.181. The van der Waals surface area contributed by atoms with Gasteiger partial charge in [-0.3, -0.25) is 0 Å². The number of hydrogen-bond acceptors (Lipinski definition) is 3. The maximum absolute atomic E-state index is 9.18. The average Bonchev–Trinajstić information content (AvgIpc) is 3.12. The van der Waals surface area contributed by atoms with E-state index < -0.39 is 8.07 Å². The Kier molecular flexibility index (Phi) is 5.60. The van der Waals surface area contributed by atoms with Crippen LogP contribution in [0.1, 0.15) is 8.22 Å². The van der Waals surface area contributed by atoms with E-state index in [4.69, 9.17) is 21.8 Å². The molecule has 0 atom stereocenters. The molecule has 1 aromatic heterocycles. The van der Waals surface area contributed by atoms with Gasteiger partial charge in [-0.05, 0) is 51.2 Å². The monoisotopic (exact) mass is 589 g/mol. The zero-order valence-electron chi connectivity index (χ0n) is 30.7. The number of hydrogen-bond donors (Lipinski definition) is 0. The van der Waals surface area contributed by atoms with E-state index in [-0.39, 0.29) is 52.6 Å². The van der Waals surface area contributed by atoms with Crippen LogP contribution >= 0.6 is 0 Å². The minimum absolute atomic E-state index is 0.00606. The number of benzene rings is 6. The van der Waals surface area contributed by atoms with Gasteiger partial charge in [-0.15, -0.1) is 0 Å². The molecule has 0 fully saturated rings. The van der Waals surface area contributed by atoms with Gasteiger partial charge in [-0.25, -0.2) is 15.0 Å². The Morgan fingerprint density at radius 1 is 0.432 bits per heavy atom. The van der Waals surface area contributed by atoms with Gasteiger partial charge in [0.1, 0.15) is 0 Å². The van der Waals surface area contributed by atoms with E-state index in [0.29, 0.717) is 28.2 Å². The van der Waals surface area contributed by atoms with Gasteiger partial charge in [0.2, 0.25) is 0 Å². The van der Waals surface area contributed by atoms with Gasteiger partial charge in [0, 0.05) is 16.7 Å². The molecule has 0 amide bonds. The molecule has 0 saturated heterocycles. The number of fused-ring (bicyclic) bond motifs is 1. The maximum Gasteiger partial charge on any atom is 0.164 e. The standard InChI is InChI=1S/C40H33N3Si/c1-44(2,3)37-23-22-34-25-33(20-21-35(34)27-37)31-17-10-16-30(24-31)32-18-11-19-36(26-32)40-42-38(28-12-6-4-7-13-28)41-39(43-40)29-14-8-5-9-15-29/h4-27H,1-3H3/i20D,21D,22D,23D,25D,27D. The minimum Gasteiger partial charge on any atom is -0.208 e. The van der Waals surface area contributed by atoms with Crippen molar-refractivity contribution in [2.45, 2.75) is 19.6 Å². The molecule has 0 saturated carbocycles. The summed E-state index contributed by atoms with van der Waals surface area (Å²) in [6.07, 6.45) is 0. The van der Waals surface area contributed by atoms with Crippen molar-refractivity contribution in [1.82, 2.24) is 15.0 Å². The number of nitrogens with zero attached hydrogens (tertiary/aromatic N) is 3. The summed E-state index contributed by atoms with van der Waals surface area (Å²) in [7, 11) is -2.23. The molecule has 6 aromatic carbocycles. The molecule has 0 radical (unpaired) electrons. The molecule has 3 nitrogen and oxygen atoms in total. The van der Waals surface area contributed by atoms with Gasteiger partial charge in [-0.1, -0.05) is 152 Å². The second kappa shape index (κ2) is 11.5. The van der Waals surface area contributed by atoms with Gasteiger partial charge in [0.25, 0.3) is 0 Å². The van der Waals surface area contributed by atoms with E-state index in [2.05, 4.69) is 0 Å². The lowest BCUT2D eigenvalue weighted by molar-refractivity contribution is 1.07. The van der Waals surface area contributed by atoms with Crippen LogP contribution in [0.15, 0.2) is 145 Å². The highest BCUT2D eigenvalue weighted by molar-refractivity contribution is 6.88. The Bertz CT molecular complexity index is 2370. The fourth-order valence-electron chi connectivity index (χ4n) is 5.02. The third-order valence-corrected chi connectivity index (χ3v) is 9.18. The molecular weight excluding hydrogens is 551 g/mol. The minimum atomic E-state index is -2.23. The van der Waals surface area contributed by atoms with Crippen LogP contribution in [-0.2, 0) is 0 Å². The van der Waals surface area contributed by atoms with Gasteiger partial charge in [0.05, 0.1) is 16.3 Å². The van der Waals surface area contributed by atoms with Crippen LogP contribution in [0.3, 0.4) is 0 Å². The third-order valence-electron chi connectivity index (χ3n) is 7.43. The Morgan fingerprint density at radius 3 is 1.43 bits per heavy atom. The molecule has 0 bridgehead atoms. The van der Waals surface area contributed by atoms with Gasteiger partial charge in [0.15, 0.2) is 17.5 Å². The lowest BCUT2D eigenvalue weighted by Crippen LogP contribution is -2.37. The normalized spacial score (nSPS) is 13.4. The predicted molar refractivity (Wildman–Crippen MR) is 187 cm³/mol. The summed E-state index contributed by atoms with van der Waals surface area (Å²) in [4.78, 5) is 14.5. The molecule has 0 aliphatic rings. The highest BCUT2D eigenvalue weighted by Gasteiger charge is 2.17. The van der Waals surface area contributed by atoms with Crippen molar-refractivity contribution in [1.29, 1.82) is 0 Å². The third kappa shape index (κ3) is 5.72. The average molecular weight is 590 g/mol. The first-order chi connectivity index (χ1) is 23.9. The van der Waals surface area contributed by atoms with Crippen LogP contribution in [0.5, 0.6) is 0 Å². The fourth-order valence-corrected chi connectivity index (χ4v) is 5.96. The van der Waals surface area contributed by atoms with Crippen molar-refractivity contribution in [3.8, 4) is 56.4 Å². The van der Waals surface area contributed by atoms with Crippen molar-refractivity contribution in [2.75, 3.05) is 0 Å². The van der Waals surface area contributed by atoms with Crippen LogP contribution in [0, 0.1) is 0 Å². The van der Waals surface area contributed by atoms with Crippen LogP contribution < -0.4 is 5.19 Å². The first-order valence-corrected chi connectivity index (χ1v) is 18.1. The molecule has 212 valence electrons. The van der Waals surface area contributed by atoms with Crippen LogP contribution in [0.4, 0.5) is 0 Å². The van der Waals surface area contributed by atoms with Crippen LogP contribution in [-0.4, -0.2) is 23.0 Å². The SMILES string of the molecule is [2H]c1c([Si](C)(C)C)c([2H])c2c([2H])c([2H])c(-c3cccc(-c4cccc(-c5nc(-c6ccccc6)nc(-c6ccccc6)n5)c4)c3)c([2H])c2c1[2H]. The van der Waals surface area contributed by atoms with E-state index in [9.17, 15) is 1.37 Å². The molecule has 0 N–H and O–H groups in total. The molecule has 44 heavy (non-hydrogen) atoms. The summed E-state index contributed by atoms with van der Waals surface area (Å²) in [6.45, 7) is 5.99. The molecule has 7 aromatic rings. The fraction of sp³-hybridized carbons (Fsp3) is 0.0750. The van der Waals surface area contributed by atoms with Crippen LogP contribution in [0.2, 0.25) is 19.6 Å². The van der Waals surface area contributed by atoms with Crippen molar-refractivity contribution in [2.24, 2.45) is 0 Å². The highest BCUT2D eigenvalue weighted by Crippen LogP contribution is 2.31. The van der Waals surface area contributed by atoms with E-state index in [1.807, 2.05) is 123 Å². The second-order valence-electron chi connectivity index (χ2n) is 11.7. The summed E-state index contributed by atoms with van der Waals surface area (Å²) in [5.41, 5.74) is 4.96. The van der Waals surface area contributed by atoms with Crippen molar-refractivity contribution in [3.63, 3.8) is 0 Å². The topological polar surface area (TPSA) is 38.7 Å². The first-order valence-electron chi connectivity index (χ1n) is 17.6. The lowest BCUT2D eigenvalue weighted by atomic mass is 9.96. The molecular formula is C40H33N3Si. The van der Waals surface area contributed by atoms with E-state index in [1.165, 1.54) is 0 Å². The molecule has 0 unspecified atom stereocenters. The number of rotatable bonds is 6. The number of aromatic nitrogens is 3. The zero-order chi connectivity index (χ0) is 35.3. The summed E-state index contributed by atoms with van der Waals surface area (Å²) in [5, 5.41) is 0.652. The summed E-state index contributed by atoms with van der Waals surface area (Å²) >= 11 is 0. The lowest BCUT2D eigenvalue weighted by Gasteiger charge is -2.17. The molecule has 4 heteroatoms. The Labute approximate surface area is 268 Å². The van der Waals surface area contributed by atoms with Gasteiger partial charge < -0.3 is 0 Å². The second-order valence-corrected chi connectivity index (χ2v) is 16.7. The van der Waals surface area contributed by atoms with E-state index >= 15 is 0 Å². The molecule has 0 aliphatic heterocycles. The van der Waals surface area contributed by atoms with Crippen molar-refractivity contribution >= 4 is 24.0 Å². The summed E-state index contributed by atoms with van der Waals surface area (Å²) < 4.78 is 53.7. The van der Waals surface area contributed by atoms with Gasteiger partial charge >= 0.3 is 0 Å². The predicted octanol–water partition coefficient (Wildman–Crippen LogP) is 9.90. The zero-order valence-corrected chi connectivity index (χ0v) is 25.7. The van der Waals surface area contributed by atoms with E-state index in [0.717, 1.165) is 27.8 Å². The van der Waals surface area contributed by atoms with Crippen LogP contribution in [0.25, 0.3) is 67.2 Å². The molecule has 7 rings (SSSR count).